The molecule has 0 spiro atoms. The lowest BCUT2D eigenvalue weighted by molar-refractivity contribution is -0.146. The molecule has 4 heteroatoms. The average molecular weight is 304 g/mol. The van der Waals surface area contributed by atoms with E-state index in [2.05, 4.69) is 5.32 Å². The fourth-order valence-electron chi connectivity index (χ4n) is 6.05. The quantitative estimate of drug-likeness (QED) is 0.870. The third-order valence-corrected chi connectivity index (χ3v) is 6.64. The number of amides is 2. The van der Waals surface area contributed by atoms with Gasteiger partial charge in [-0.1, -0.05) is 0 Å². The molecule has 4 bridgehead atoms. The molecule has 0 aromatic heterocycles. The van der Waals surface area contributed by atoms with E-state index in [1.807, 2.05) is 18.7 Å². The second-order valence-electron chi connectivity index (χ2n) is 8.71. The minimum absolute atomic E-state index is 0.0235. The van der Waals surface area contributed by atoms with Gasteiger partial charge in [0.2, 0.25) is 11.8 Å². The summed E-state index contributed by atoms with van der Waals surface area (Å²) in [7, 11) is 0. The maximum Gasteiger partial charge on any atom is 0.226 e. The molecule has 5 fully saturated rings. The van der Waals surface area contributed by atoms with Crippen LogP contribution in [-0.2, 0) is 9.59 Å². The Morgan fingerprint density at radius 1 is 1.14 bits per heavy atom. The summed E-state index contributed by atoms with van der Waals surface area (Å²) in [5.41, 5.74) is -0.0942. The van der Waals surface area contributed by atoms with Gasteiger partial charge in [-0.3, -0.25) is 9.59 Å². The molecule has 4 aliphatic carbocycles. The van der Waals surface area contributed by atoms with E-state index in [9.17, 15) is 9.59 Å². The summed E-state index contributed by atoms with van der Waals surface area (Å²) in [4.78, 5) is 26.9. The van der Waals surface area contributed by atoms with Gasteiger partial charge in [0.1, 0.15) is 0 Å². The number of hydrogen-bond donors (Lipinski definition) is 1. The van der Waals surface area contributed by atoms with Crippen molar-refractivity contribution in [3.05, 3.63) is 0 Å². The highest BCUT2D eigenvalue weighted by Gasteiger charge is 2.55. The number of nitrogens with zero attached hydrogens (tertiary/aromatic N) is 1. The predicted molar refractivity (Wildman–Crippen MR) is 84.0 cm³/mol. The Hall–Kier alpha value is -1.06. The summed E-state index contributed by atoms with van der Waals surface area (Å²) in [6.45, 7) is 4.77. The van der Waals surface area contributed by atoms with Gasteiger partial charge in [0.25, 0.3) is 0 Å². The molecule has 0 radical (unpaired) electrons. The Bertz CT molecular complexity index is 464. The molecular weight excluding hydrogens is 276 g/mol. The second kappa shape index (κ2) is 4.97. The monoisotopic (exact) mass is 304 g/mol. The Balaban J connectivity index is 1.44. The van der Waals surface area contributed by atoms with Crippen molar-refractivity contribution in [3.8, 4) is 0 Å². The van der Waals surface area contributed by atoms with Crippen molar-refractivity contribution in [2.75, 3.05) is 6.54 Å². The fraction of sp³-hybridized carbons (Fsp3) is 0.889. The van der Waals surface area contributed by atoms with Crippen LogP contribution in [0.2, 0.25) is 0 Å². The van der Waals surface area contributed by atoms with E-state index in [1.54, 1.807) is 0 Å². The highest BCUT2D eigenvalue weighted by molar-refractivity contribution is 5.86. The van der Waals surface area contributed by atoms with Gasteiger partial charge >= 0.3 is 0 Å². The lowest BCUT2D eigenvalue weighted by atomic mass is 9.49. The van der Waals surface area contributed by atoms with Crippen molar-refractivity contribution in [2.24, 2.45) is 23.2 Å². The van der Waals surface area contributed by atoms with Crippen LogP contribution in [0, 0.1) is 23.2 Å². The Kier molecular flexibility index (Phi) is 3.28. The largest absolute Gasteiger partial charge is 0.351 e. The van der Waals surface area contributed by atoms with E-state index in [-0.39, 0.29) is 29.3 Å². The van der Waals surface area contributed by atoms with Crippen LogP contribution in [0.15, 0.2) is 0 Å². The van der Waals surface area contributed by atoms with E-state index in [0.29, 0.717) is 13.0 Å². The number of carbonyl (C=O) groups excluding carboxylic acids is 2. The number of likely N-dealkylation sites (tertiary alicyclic amines) is 1. The molecule has 4 nitrogen and oxygen atoms in total. The van der Waals surface area contributed by atoms with Crippen LogP contribution in [0.1, 0.15) is 58.8 Å². The number of hydrogen-bond acceptors (Lipinski definition) is 2. The van der Waals surface area contributed by atoms with Crippen molar-refractivity contribution in [1.29, 1.82) is 0 Å². The molecule has 1 N–H and O–H groups in total. The summed E-state index contributed by atoms with van der Waals surface area (Å²) in [6.07, 6.45) is 7.84. The zero-order valence-corrected chi connectivity index (χ0v) is 13.8. The third kappa shape index (κ3) is 2.26. The summed E-state index contributed by atoms with van der Waals surface area (Å²) < 4.78 is 0. The first kappa shape index (κ1) is 14.5. The molecular formula is C18H28N2O2. The second-order valence-corrected chi connectivity index (χ2v) is 8.71. The van der Waals surface area contributed by atoms with Crippen LogP contribution < -0.4 is 5.32 Å². The molecule has 0 aromatic carbocycles. The van der Waals surface area contributed by atoms with Crippen LogP contribution >= 0.6 is 0 Å². The van der Waals surface area contributed by atoms with Crippen molar-refractivity contribution >= 4 is 11.8 Å². The third-order valence-electron chi connectivity index (χ3n) is 6.64. The van der Waals surface area contributed by atoms with Crippen molar-refractivity contribution in [1.82, 2.24) is 10.2 Å². The van der Waals surface area contributed by atoms with Crippen LogP contribution in [0.25, 0.3) is 0 Å². The van der Waals surface area contributed by atoms with E-state index in [1.165, 1.54) is 19.3 Å². The first-order valence-electron chi connectivity index (χ1n) is 9.05. The smallest absolute Gasteiger partial charge is 0.226 e. The van der Waals surface area contributed by atoms with Crippen molar-refractivity contribution in [2.45, 2.75) is 70.9 Å². The highest BCUT2D eigenvalue weighted by atomic mass is 16.2. The van der Waals surface area contributed by atoms with E-state index in [4.69, 9.17) is 0 Å². The first-order valence-corrected chi connectivity index (χ1v) is 9.05. The van der Waals surface area contributed by atoms with Gasteiger partial charge in [0.05, 0.1) is 6.04 Å². The minimum atomic E-state index is -0.0942. The molecule has 0 aromatic rings. The van der Waals surface area contributed by atoms with Gasteiger partial charge in [0.15, 0.2) is 0 Å². The minimum Gasteiger partial charge on any atom is -0.351 e. The Morgan fingerprint density at radius 2 is 1.68 bits per heavy atom. The molecule has 2 amide bonds. The Labute approximate surface area is 133 Å². The van der Waals surface area contributed by atoms with Gasteiger partial charge in [-0.15, -0.1) is 0 Å². The summed E-state index contributed by atoms with van der Waals surface area (Å²) >= 11 is 0. The Morgan fingerprint density at radius 3 is 2.14 bits per heavy atom. The lowest BCUT2D eigenvalue weighted by Crippen LogP contribution is -2.55. The topological polar surface area (TPSA) is 49.4 Å². The molecule has 22 heavy (non-hydrogen) atoms. The molecule has 1 unspecified atom stereocenters. The fourth-order valence-corrected chi connectivity index (χ4v) is 6.05. The molecule has 4 saturated carbocycles. The summed E-state index contributed by atoms with van der Waals surface area (Å²) in [5, 5.41) is 3.25. The van der Waals surface area contributed by atoms with Crippen molar-refractivity contribution in [3.63, 3.8) is 0 Å². The highest BCUT2D eigenvalue weighted by Crippen LogP contribution is 2.60. The normalized spacial score (nSPS) is 43.2. The number of nitrogens with one attached hydrogen (secondary N) is 1. The molecule has 1 heterocycles. The van der Waals surface area contributed by atoms with E-state index >= 15 is 0 Å². The average Bonchev–Trinajstić information content (AvgIpc) is 2.78. The van der Waals surface area contributed by atoms with Crippen LogP contribution in [-0.4, -0.2) is 35.3 Å². The first-order chi connectivity index (χ1) is 10.4. The molecule has 5 rings (SSSR count). The molecule has 1 saturated heterocycles. The van der Waals surface area contributed by atoms with E-state index < -0.39 is 0 Å². The molecule has 1 aliphatic heterocycles. The summed E-state index contributed by atoms with van der Waals surface area (Å²) in [6, 6.07) is 0.254. The zero-order valence-electron chi connectivity index (χ0n) is 13.8. The van der Waals surface area contributed by atoms with Gasteiger partial charge in [-0.05, 0) is 70.1 Å². The van der Waals surface area contributed by atoms with Gasteiger partial charge in [-0.2, -0.15) is 0 Å². The van der Waals surface area contributed by atoms with Crippen molar-refractivity contribution < 1.29 is 9.59 Å². The standard InChI is InChI=1S/C18H28N2O2/c1-11(2)20-10-15(6-16(20)21)19-17(22)18-7-12-3-13(8-18)5-14(4-12)9-18/h11-15H,3-10H2,1-2H3,(H,19,22). The van der Waals surface area contributed by atoms with E-state index in [0.717, 1.165) is 37.0 Å². The number of carbonyl (C=O) groups is 2. The predicted octanol–water partition coefficient (Wildman–Crippen LogP) is 2.33. The maximum absolute atomic E-state index is 13.0. The van der Waals surface area contributed by atoms with Gasteiger partial charge < -0.3 is 10.2 Å². The van der Waals surface area contributed by atoms with Crippen LogP contribution in [0.3, 0.4) is 0 Å². The SMILES string of the molecule is CC(C)N1CC(NC(=O)C23CC4CC(CC(C4)C2)C3)CC1=O. The molecule has 1 atom stereocenters. The van der Waals surface area contributed by atoms with Gasteiger partial charge in [-0.25, -0.2) is 0 Å². The summed E-state index contributed by atoms with van der Waals surface area (Å²) in [5.74, 6) is 2.80. The molecule has 122 valence electrons. The lowest BCUT2D eigenvalue weighted by Gasteiger charge is -2.55. The number of rotatable bonds is 3. The van der Waals surface area contributed by atoms with Gasteiger partial charge in [0, 0.05) is 24.4 Å². The molecule has 5 aliphatic rings. The maximum atomic E-state index is 13.0. The zero-order chi connectivity index (χ0) is 15.5. The van der Waals surface area contributed by atoms with Crippen LogP contribution in [0.5, 0.6) is 0 Å². The van der Waals surface area contributed by atoms with Crippen LogP contribution in [0.4, 0.5) is 0 Å².